The Labute approximate surface area is 181 Å². The van der Waals surface area contributed by atoms with E-state index in [1.807, 2.05) is 0 Å². The van der Waals surface area contributed by atoms with Crippen molar-refractivity contribution in [3.8, 4) is 0 Å². The van der Waals surface area contributed by atoms with E-state index < -0.39 is 0 Å². The van der Waals surface area contributed by atoms with Crippen molar-refractivity contribution < 1.29 is 28.5 Å². The predicted octanol–water partition coefficient (Wildman–Crippen LogP) is 4.58. The lowest BCUT2D eigenvalue weighted by molar-refractivity contribution is -0.148. The first-order chi connectivity index (χ1) is 14.7. The quantitative estimate of drug-likeness (QED) is 0.337. The van der Waals surface area contributed by atoms with E-state index in [1.165, 1.54) is 25.7 Å². The Morgan fingerprint density at radius 3 is 1.43 bits per heavy atom. The van der Waals surface area contributed by atoms with E-state index in [9.17, 15) is 9.59 Å². The molecule has 6 heteroatoms. The molecule has 0 spiro atoms. The van der Waals surface area contributed by atoms with E-state index in [2.05, 4.69) is 0 Å². The fourth-order valence-electron chi connectivity index (χ4n) is 5.16. The Morgan fingerprint density at radius 2 is 1.00 bits per heavy atom. The molecular formula is C24H40O6. The molecule has 6 nitrogen and oxygen atoms in total. The molecular weight excluding hydrogens is 384 g/mol. The normalized spacial score (nSPS) is 25.5. The van der Waals surface area contributed by atoms with Crippen LogP contribution in [-0.4, -0.2) is 50.6 Å². The molecule has 30 heavy (non-hydrogen) atoms. The van der Waals surface area contributed by atoms with Crippen LogP contribution in [0.4, 0.5) is 0 Å². The summed E-state index contributed by atoms with van der Waals surface area (Å²) in [5, 5.41) is 0. The zero-order valence-corrected chi connectivity index (χ0v) is 18.5. The SMILES string of the molecule is O=C(CC1CCCC1)OCCOC1CCCC(OCCOC(=O)CC2CCCC2)C1. The maximum absolute atomic E-state index is 11.9. The summed E-state index contributed by atoms with van der Waals surface area (Å²) in [4.78, 5) is 23.7. The molecule has 3 saturated carbocycles. The van der Waals surface area contributed by atoms with Crippen molar-refractivity contribution >= 4 is 11.9 Å². The molecule has 0 aromatic rings. The van der Waals surface area contributed by atoms with Gasteiger partial charge in [-0.25, -0.2) is 0 Å². The molecule has 2 atom stereocenters. The van der Waals surface area contributed by atoms with Crippen molar-refractivity contribution in [1.82, 2.24) is 0 Å². The summed E-state index contributed by atoms with van der Waals surface area (Å²) < 4.78 is 22.5. The Balaban J connectivity index is 1.18. The number of hydrogen-bond donors (Lipinski definition) is 0. The van der Waals surface area contributed by atoms with Crippen molar-refractivity contribution in [2.75, 3.05) is 26.4 Å². The summed E-state index contributed by atoms with van der Waals surface area (Å²) in [7, 11) is 0. The van der Waals surface area contributed by atoms with Crippen LogP contribution in [0.25, 0.3) is 0 Å². The number of esters is 2. The molecule has 0 heterocycles. The van der Waals surface area contributed by atoms with Gasteiger partial charge in [-0.15, -0.1) is 0 Å². The summed E-state index contributed by atoms with van der Waals surface area (Å²) in [5.74, 6) is 0.879. The molecule has 0 bridgehead atoms. The van der Waals surface area contributed by atoms with Gasteiger partial charge in [0, 0.05) is 12.8 Å². The van der Waals surface area contributed by atoms with Gasteiger partial charge in [-0.05, 0) is 63.2 Å². The number of ether oxygens (including phenoxy) is 4. The zero-order chi connectivity index (χ0) is 21.0. The molecule has 0 radical (unpaired) electrons. The third-order valence-corrected chi connectivity index (χ3v) is 6.84. The molecule has 3 rings (SSSR count). The third kappa shape index (κ3) is 8.93. The highest BCUT2D eigenvalue weighted by Gasteiger charge is 2.24. The molecule has 0 N–H and O–H groups in total. The lowest BCUT2D eigenvalue weighted by atomic mass is 9.95. The maximum atomic E-state index is 11.9. The molecule has 0 aromatic heterocycles. The number of carbonyl (C=O) groups is 2. The molecule has 172 valence electrons. The van der Waals surface area contributed by atoms with Crippen molar-refractivity contribution in [3.05, 3.63) is 0 Å². The van der Waals surface area contributed by atoms with Crippen LogP contribution in [0.2, 0.25) is 0 Å². The molecule has 0 saturated heterocycles. The van der Waals surface area contributed by atoms with Gasteiger partial charge in [-0.3, -0.25) is 9.59 Å². The second kappa shape index (κ2) is 13.3. The van der Waals surface area contributed by atoms with Crippen LogP contribution in [0, 0.1) is 11.8 Å². The van der Waals surface area contributed by atoms with E-state index in [4.69, 9.17) is 18.9 Å². The van der Waals surface area contributed by atoms with E-state index in [1.54, 1.807) is 0 Å². The maximum Gasteiger partial charge on any atom is 0.306 e. The predicted molar refractivity (Wildman–Crippen MR) is 113 cm³/mol. The van der Waals surface area contributed by atoms with Crippen molar-refractivity contribution in [2.45, 2.75) is 102 Å². The van der Waals surface area contributed by atoms with Crippen LogP contribution in [0.1, 0.15) is 89.9 Å². The van der Waals surface area contributed by atoms with Crippen LogP contribution in [0.15, 0.2) is 0 Å². The zero-order valence-electron chi connectivity index (χ0n) is 18.5. The largest absolute Gasteiger partial charge is 0.463 e. The number of rotatable bonds is 12. The average Bonchev–Trinajstić information content (AvgIpc) is 3.43. The smallest absolute Gasteiger partial charge is 0.306 e. The Kier molecular flexibility index (Phi) is 10.4. The Hall–Kier alpha value is -1.14. The number of hydrogen-bond acceptors (Lipinski definition) is 6. The lowest BCUT2D eigenvalue weighted by Crippen LogP contribution is -2.30. The second-order valence-corrected chi connectivity index (χ2v) is 9.30. The van der Waals surface area contributed by atoms with Gasteiger partial charge in [-0.2, -0.15) is 0 Å². The number of carbonyl (C=O) groups excluding carboxylic acids is 2. The molecule has 0 aliphatic heterocycles. The standard InChI is InChI=1S/C24H40O6/c25-23(16-19-6-1-2-7-19)29-14-12-27-21-10-5-11-22(18-21)28-13-15-30-24(26)17-20-8-3-4-9-20/h19-22H,1-18H2. The monoisotopic (exact) mass is 424 g/mol. The van der Waals surface area contributed by atoms with Crippen molar-refractivity contribution in [3.63, 3.8) is 0 Å². The fraction of sp³-hybridized carbons (Fsp3) is 0.917. The van der Waals surface area contributed by atoms with Crippen LogP contribution < -0.4 is 0 Å². The van der Waals surface area contributed by atoms with Crippen LogP contribution in [-0.2, 0) is 28.5 Å². The van der Waals surface area contributed by atoms with Gasteiger partial charge in [0.05, 0.1) is 25.4 Å². The minimum atomic E-state index is -0.0853. The fourth-order valence-corrected chi connectivity index (χ4v) is 5.16. The highest BCUT2D eigenvalue weighted by atomic mass is 16.6. The highest BCUT2D eigenvalue weighted by molar-refractivity contribution is 5.70. The van der Waals surface area contributed by atoms with Crippen LogP contribution >= 0.6 is 0 Å². The summed E-state index contributed by atoms with van der Waals surface area (Å²) >= 11 is 0. The second-order valence-electron chi connectivity index (χ2n) is 9.30. The summed E-state index contributed by atoms with van der Waals surface area (Å²) in [6, 6.07) is 0. The Bertz CT molecular complexity index is 466. The van der Waals surface area contributed by atoms with E-state index in [-0.39, 0.29) is 24.1 Å². The molecule has 3 aliphatic rings. The van der Waals surface area contributed by atoms with Crippen molar-refractivity contribution in [2.24, 2.45) is 11.8 Å². The first kappa shape index (κ1) is 23.5. The van der Waals surface area contributed by atoms with Gasteiger partial charge >= 0.3 is 11.9 Å². The van der Waals surface area contributed by atoms with E-state index >= 15 is 0 Å². The highest BCUT2D eigenvalue weighted by Crippen LogP contribution is 2.28. The van der Waals surface area contributed by atoms with Gasteiger partial charge in [0.2, 0.25) is 0 Å². The minimum absolute atomic E-state index is 0.0853. The summed E-state index contributed by atoms with van der Waals surface area (Å²) in [5.41, 5.74) is 0. The van der Waals surface area contributed by atoms with E-state index in [0.717, 1.165) is 51.4 Å². The van der Waals surface area contributed by atoms with E-state index in [0.29, 0.717) is 51.1 Å². The first-order valence-corrected chi connectivity index (χ1v) is 12.2. The topological polar surface area (TPSA) is 71.1 Å². The van der Waals surface area contributed by atoms with Gasteiger partial charge in [0.25, 0.3) is 0 Å². The molecule has 3 aliphatic carbocycles. The minimum Gasteiger partial charge on any atom is -0.463 e. The van der Waals surface area contributed by atoms with Crippen LogP contribution in [0.5, 0.6) is 0 Å². The van der Waals surface area contributed by atoms with Crippen LogP contribution in [0.3, 0.4) is 0 Å². The molecule has 2 unspecified atom stereocenters. The van der Waals surface area contributed by atoms with Gasteiger partial charge in [-0.1, -0.05) is 25.7 Å². The molecule has 3 fully saturated rings. The summed E-state index contributed by atoms with van der Waals surface area (Å²) in [6.07, 6.45) is 15.0. The first-order valence-electron chi connectivity index (χ1n) is 12.2. The molecule has 0 aromatic carbocycles. The molecule has 0 amide bonds. The van der Waals surface area contributed by atoms with Crippen molar-refractivity contribution in [1.29, 1.82) is 0 Å². The Morgan fingerprint density at radius 1 is 0.567 bits per heavy atom. The summed E-state index contributed by atoms with van der Waals surface area (Å²) in [6.45, 7) is 1.58. The lowest BCUT2D eigenvalue weighted by Gasteiger charge is -2.29. The average molecular weight is 425 g/mol. The third-order valence-electron chi connectivity index (χ3n) is 6.84. The van der Waals surface area contributed by atoms with Gasteiger partial charge in [0.15, 0.2) is 0 Å². The van der Waals surface area contributed by atoms with Gasteiger partial charge in [0.1, 0.15) is 13.2 Å². The van der Waals surface area contributed by atoms with Gasteiger partial charge < -0.3 is 18.9 Å².